The van der Waals surface area contributed by atoms with E-state index < -0.39 is 44.5 Å². The van der Waals surface area contributed by atoms with Crippen molar-refractivity contribution in [3.63, 3.8) is 0 Å². The molecular weight excluding hydrogens is 541 g/mol. The van der Waals surface area contributed by atoms with Crippen molar-refractivity contribution in [3.8, 4) is 5.69 Å². The number of anilines is 1. The lowest BCUT2D eigenvalue weighted by molar-refractivity contribution is -0.106. The Hall–Kier alpha value is -3.25. The van der Waals surface area contributed by atoms with Crippen LogP contribution in [0, 0.1) is 17.0 Å². The number of alkyl halides is 3. The minimum Gasteiger partial charge on any atom is -0.389 e. The standard InChI is InChI=1S/C27H26F5N3O3S/c1-25-14-18-15-33-35(21-7-5-20(28)6-8-21)23(18)13-19(25)10-12-26(25,36)11-9-17-3-2-4-22(29)24(17)34-39(37,38)16-27(30,31)32/h2-8,13,15,34,36H,9-12,14,16H2,1H3/t25-,26-/m0/s1. The van der Waals surface area contributed by atoms with Crippen molar-refractivity contribution >= 4 is 21.8 Å². The molecule has 2 aromatic carbocycles. The predicted octanol–water partition coefficient (Wildman–Crippen LogP) is 5.56. The molecule has 3 aromatic rings. The minimum atomic E-state index is -4.99. The fourth-order valence-electron chi connectivity index (χ4n) is 5.76. The van der Waals surface area contributed by atoms with Crippen molar-refractivity contribution in [1.29, 1.82) is 0 Å². The van der Waals surface area contributed by atoms with Crippen LogP contribution in [0.5, 0.6) is 0 Å². The van der Waals surface area contributed by atoms with Gasteiger partial charge in [-0.15, -0.1) is 0 Å². The number of aryl methyl sites for hydroxylation is 1. The molecule has 1 fully saturated rings. The van der Waals surface area contributed by atoms with Gasteiger partial charge in [0, 0.05) is 5.41 Å². The molecule has 0 saturated heterocycles. The lowest BCUT2D eigenvalue weighted by atomic mass is 9.65. The van der Waals surface area contributed by atoms with Crippen LogP contribution in [0.4, 0.5) is 27.6 Å². The van der Waals surface area contributed by atoms with Crippen LogP contribution >= 0.6 is 0 Å². The van der Waals surface area contributed by atoms with Crippen molar-refractivity contribution < 1.29 is 35.5 Å². The predicted molar refractivity (Wildman–Crippen MR) is 136 cm³/mol. The van der Waals surface area contributed by atoms with E-state index in [1.165, 1.54) is 24.3 Å². The number of aliphatic hydroxyl groups is 1. The Balaban J connectivity index is 1.39. The third-order valence-corrected chi connectivity index (χ3v) is 9.10. The number of rotatable bonds is 7. The Morgan fingerprint density at radius 2 is 1.85 bits per heavy atom. The SMILES string of the molecule is C[C@]12Cc3cnn(-c4ccc(F)cc4)c3C=C1CC[C@@]2(O)CCc1cccc(F)c1NS(=O)(=O)CC(F)(F)F. The van der Waals surface area contributed by atoms with Crippen LogP contribution in [0.15, 0.2) is 54.2 Å². The molecular formula is C27H26F5N3O3S. The molecule has 2 aliphatic rings. The minimum absolute atomic E-state index is 0.0305. The highest BCUT2D eigenvalue weighted by atomic mass is 32.2. The van der Waals surface area contributed by atoms with Gasteiger partial charge in [-0.05, 0) is 79.6 Å². The van der Waals surface area contributed by atoms with Crippen LogP contribution in [0.25, 0.3) is 11.8 Å². The van der Waals surface area contributed by atoms with Crippen LogP contribution in [0.1, 0.15) is 43.0 Å². The molecule has 1 heterocycles. The molecule has 2 aliphatic carbocycles. The second kappa shape index (κ2) is 9.44. The van der Waals surface area contributed by atoms with E-state index in [9.17, 15) is 35.5 Å². The quantitative estimate of drug-likeness (QED) is 0.367. The maximum Gasteiger partial charge on any atom is 0.404 e. The topological polar surface area (TPSA) is 84.2 Å². The van der Waals surface area contributed by atoms with E-state index in [0.717, 1.165) is 22.9 Å². The monoisotopic (exact) mass is 567 g/mol. The van der Waals surface area contributed by atoms with Gasteiger partial charge in [-0.3, -0.25) is 4.72 Å². The lowest BCUT2D eigenvalue weighted by Crippen LogP contribution is -2.45. The number of hydrogen-bond donors (Lipinski definition) is 2. The summed E-state index contributed by atoms with van der Waals surface area (Å²) in [7, 11) is -4.89. The van der Waals surface area contributed by atoms with E-state index in [2.05, 4.69) is 5.10 Å². The van der Waals surface area contributed by atoms with E-state index in [0.29, 0.717) is 24.9 Å². The number of hydrogen-bond acceptors (Lipinski definition) is 4. The molecule has 0 aliphatic heterocycles. The first-order chi connectivity index (χ1) is 18.2. The van der Waals surface area contributed by atoms with Crippen molar-refractivity contribution in [1.82, 2.24) is 9.78 Å². The molecule has 39 heavy (non-hydrogen) atoms. The molecule has 0 unspecified atom stereocenters. The molecule has 0 spiro atoms. The van der Waals surface area contributed by atoms with E-state index in [-0.39, 0.29) is 24.2 Å². The first-order valence-corrected chi connectivity index (χ1v) is 14.0. The normalized spacial score (nSPS) is 22.8. The van der Waals surface area contributed by atoms with Gasteiger partial charge < -0.3 is 5.11 Å². The molecule has 2 atom stereocenters. The van der Waals surface area contributed by atoms with Gasteiger partial charge >= 0.3 is 6.18 Å². The first kappa shape index (κ1) is 27.3. The second-order valence-electron chi connectivity index (χ2n) is 10.4. The Kier molecular flexibility index (Phi) is 6.61. The number of fused-ring (bicyclic) bond motifs is 2. The van der Waals surface area contributed by atoms with Gasteiger partial charge in [-0.1, -0.05) is 24.6 Å². The highest BCUT2D eigenvalue weighted by Crippen LogP contribution is 2.57. The summed E-state index contributed by atoms with van der Waals surface area (Å²) in [6, 6.07) is 9.68. The molecule has 6 nitrogen and oxygen atoms in total. The number of aromatic nitrogens is 2. The fourth-order valence-corrected chi connectivity index (χ4v) is 6.80. The summed E-state index contributed by atoms with van der Waals surface area (Å²) in [5.74, 6) is -3.50. The van der Waals surface area contributed by atoms with Crippen molar-refractivity contribution in [2.75, 3.05) is 10.5 Å². The average Bonchev–Trinajstić information content (AvgIpc) is 3.34. The Bertz CT molecular complexity index is 1550. The number of nitrogens with one attached hydrogen (secondary N) is 1. The van der Waals surface area contributed by atoms with Crippen molar-refractivity contribution in [2.24, 2.45) is 5.41 Å². The van der Waals surface area contributed by atoms with Crippen molar-refractivity contribution in [2.45, 2.75) is 50.8 Å². The van der Waals surface area contributed by atoms with Crippen LogP contribution < -0.4 is 4.72 Å². The third-order valence-electron chi connectivity index (χ3n) is 7.88. The van der Waals surface area contributed by atoms with E-state index >= 15 is 0 Å². The second-order valence-corrected chi connectivity index (χ2v) is 12.1. The lowest BCUT2D eigenvalue weighted by Gasteiger charge is -2.42. The maximum atomic E-state index is 14.6. The smallest absolute Gasteiger partial charge is 0.389 e. The van der Waals surface area contributed by atoms with E-state index in [1.54, 1.807) is 27.7 Å². The van der Waals surface area contributed by atoms with Gasteiger partial charge in [-0.25, -0.2) is 21.9 Å². The Morgan fingerprint density at radius 3 is 2.54 bits per heavy atom. The summed E-state index contributed by atoms with van der Waals surface area (Å²) in [4.78, 5) is 0. The first-order valence-electron chi connectivity index (χ1n) is 12.3. The van der Waals surface area contributed by atoms with Gasteiger partial charge in [0.05, 0.1) is 28.9 Å². The maximum absolute atomic E-state index is 14.6. The number of para-hydroxylation sites is 1. The van der Waals surface area contributed by atoms with Gasteiger partial charge in [-0.2, -0.15) is 18.3 Å². The zero-order valence-corrected chi connectivity index (χ0v) is 21.7. The number of benzene rings is 2. The summed E-state index contributed by atoms with van der Waals surface area (Å²) in [5, 5.41) is 16.3. The van der Waals surface area contributed by atoms with Crippen LogP contribution in [-0.2, 0) is 22.9 Å². The van der Waals surface area contributed by atoms with Crippen LogP contribution in [-0.4, -0.2) is 40.8 Å². The van der Waals surface area contributed by atoms with E-state index in [4.69, 9.17) is 0 Å². The molecule has 2 N–H and O–H groups in total. The molecule has 12 heteroatoms. The highest BCUT2D eigenvalue weighted by molar-refractivity contribution is 7.92. The third kappa shape index (κ3) is 5.19. The zero-order valence-electron chi connectivity index (χ0n) is 20.9. The number of nitrogens with zero attached hydrogens (tertiary/aromatic N) is 2. The number of halogens is 5. The summed E-state index contributed by atoms with van der Waals surface area (Å²) in [5.41, 5.74) is 1.07. The molecule has 1 aromatic heterocycles. The molecule has 208 valence electrons. The molecule has 0 radical (unpaired) electrons. The molecule has 1 saturated carbocycles. The van der Waals surface area contributed by atoms with Crippen LogP contribution in [0.3, 0.4) is 0 Å². The summed E-state index contributed by atoms with van der Waals surface area (Å²) in [6.45, 7) is 1.93. The fraction of sp³-hybridized carbons (Fsp3) is 0.370. The number of sulfonamides is 1. The zero-order chi connectivity index (χ0) is 28.2. The Labute approximate surface area is 222 Å². The summed E-state index contributed by atoms with van der Waals surface area (Å²) >= 11 is 0. The Morgan fingerprint density at radius 1 is 1.13 bits per heavy atom. The largest absolute Gasteiger partial charge is 0.404 e. The highest BCUT2D eigenvalue weighted by Gasteiger charge is 2.54. The van der Waals surface area contributed by atoms with Gasteiger partial charge in [0.25, 0.3) is 0 Å². The molecule has 5 rings (SSSR count). The van der Waals surface area contributed by atoms with E-state index in [1.807, 2.05) is 13.0 Å². The van der Waals surface area contributed by atoms with Gasteiger partial charge in [0.1, 0.15) is 11.6 Å². The summed E-state index contributed by atoms with van der Waals surface area (Å²) in [6.07, 6.45) is 0.284. The van der Waals surface area contributed by atoms with Gasteiger partial charge in [0.2, 0.25) is 10.0 Å². The molecule has 0 bridgehead atoms. The average molecular weight is 568 g/mol. The van der Waals surface area contributed by atoms with Crippen LogP contribution in [0.2, 0.25) is 0 Å². The van der Waals surface area contributed by atoms with Gasteiger partial charge in [0.15, 0.2) is 5.75 Å². The molecule has 0 amide bonds. The van der Waals surface area contributed by atoms with Crippen molar-refractivity contribution in [3.05, 3.63) is 82.7 Å². The summed E-state index contributed by atoms with van der Waals surface area (Å²) < 4.78 is 93.6.